The monoisotopic (exact) mass is 435 g/mol. The van der Waals surface area contributed by atoms with E-state index in [9.17, 15) is 4.79 Å². The smallest absolute Gasteiger partial charge is 0.267 e. The number of nitrogens with zero attached hydrogens (tertiary/aromatic N) is 3. The maximum Gasteiger partial charge on any atom is 0.267 e. The van der Waals surface area contributed by atoms with Crippen LogP contribution in [0.15, 0.2) is 81.6 Å². The number of aromatic nitrogens is 1. The first-order chi connectivity index (χ1) is 14.5. The van der Waals surface area contributed by atoms with Crippen molar-refractivity contribution in [3.05, 3.63) is 88.6 Å². The van der Waals surface area contributed by atoms with Gasteiger partial charge in [0.25, 0.3) is 5.91 Å². The van der Waals surface area contributed by atoms with Crippen LogP contribution in [-0.2, 0) is 4.79 Å². The maximum atomic E-state index is 12.9. The van der Waals surface area contributed by atoms with Crippen LogP contribution >= 0.6 is 23.4 Å². The average Bonchev–Trinajstić information content (AvgIpc) is 3.29. The number of halogens is 1. The van der Waals surface area contributed by atoms with Crippen molar-refractivity contribution in [3.8, 4) is 11.3 Å². The number of hydrogen-bond donors (Lipinski definition) is 0. The SMILES string of the molecule is C=CCN1C(=O)/C(=C\c2ccc(-c3cccc(Cl)c3)o2)S/C1=N/c1cccc(C)n1. The Balaban J connectivity index is 1.64. The molecule has 1 aliphatic rings. The van der Waals surface area contributed by atoms with Crippen LogP contribution in [-0.4, -0.2) is 27.5 Å². The van der Waals surface area contributed by atoms with Crippen molar-refractivity contribution in [2.75, 3.05) is 6.54 Å². The predicted molar refractivity (Wildman–Crippen MR) is 123 cm³/mol. The molecule has 2 aromatic heterocycles. The van der Waals surface area contributed by atoms with Gasteiger partial charge in [0.05, 0.1) is 4.91 Å². The quantitative estimate of drug-likeness (QED) is 0.359. The number of benzene rings is 1. The van der Waals surface area contributed by atoms with Gasteiger partial charge in [0.15, 0.2) is 11.0 Å². The van der Waals surface area contributed by atoms with E-state index < -0.39 is 0 Å². The molecule has 0 bridgehead atoms. The highest BCUT2D eigenvalue weighted by atomic mass is 35.5. The summed E-state index contributed by atoms with van der Waals surface area (Å²) in [5.74, 6) is 1.67. The zero-order chi connectivity index (χ0) is 21.1. The standard InChI is InChI=1S/C23H18ClN3O2S/c1-3-12-27-22(28)20(30-23(27)26-21-9-4-6-15(2)25-21)14-18-10-11-19(29-18)16-7-5-8-17(24)13-16/h3-11,13-14H,1,12H2,2H3/b20-14+,26-23+. The minimum Gasteiger partial charge on any atom is -0.457 e. The number of rotatable bonds is 5. The van der Waals surface area contributed by atoms with Crippen LogP contribution in [0.3, 0.4) is 0 Å². The molecule has 5 nitrogen and oxygen atoms in total. The number of furan rings is 1. The Labute approximate surface area is 183 Å². The van der Waals surface area contributed by atoms with Gasteiger partial charge in [-0.2, -0.15) is 0 Å². The zero-order valence-corrected chi connectivity index (χ0v) is 17.8. The van der Waals surface area contributed by atoms with Crippen LogP contribution in [0.4, 0.5) is 5.82 Å². The van der Waals surface area contributed by atoms with Crippen molar-refractivity contribution in [1.29, 1.82) is 0 Å². The molecular weight excluding hydrogens is 418 g/mol. The van der Waals surface area contributed by atoms with Gasteiger partial charge >= 0.3 is 0 Å². The molecule has 0 atom stereocenters. The number of amides is 1. The van der Waals surface area contributed by atoms with E-state index in [1.54, 1.807) is 17.1 Å². The van der Waals surface area contributed by atoms with Crippen molar-refractivity contribution in [1.82, 2.24) is 9.88 Å². The van der Waals surface area contributed by atoms with Gasteiger partial charge < -0.3 is 4.42 Å². The van der Waals surface area contributed by atoms with Gasteiger partial charge in [-0.05, 0) is 55.1 Å². The number of pyridine rings is 1. The summed E-state index contributed by atoms with van der Waals surface area (Å²) in [5, 5.41) is 1.20. The lowest BCUT2D eigenvalue weighted by Crippen LogP contribution is -2.29. The van der Waals surface area contributed by atoms with Crippen LogP contribution < -0.4 is 0 Å². The van der Waals surface area contributed by atoms with Gasteiger partial charge in [-0.15, -0.1) is 6.58 Å². The molecule has 3 aromatic rings. The number of aliphatic imine (C=N–C) groups is 1. The Morgan fingerprint density at radius 1 is 1.23 bits per heavy atom. The first-order valence-electron chi connectivity index (χ1n) is 9.24. The largest absolute Gasteiger partial charge is 0.457 e. The van der Waals surface area contributed by atoms with E-state index in [0.717, 1.165) is 11.3 Å². The first kappa shape index (κ1) is 20.2. The third-order valence-corrected chi connectivity index (χ3v) is 5.53. The van der Waals surface area contributed by atoms with Crippen LogP contribution in [0.1, 0.15) is 11.5 Å². The highest BCUT2D eigenvalue weighted by Gasteiger charge is 2.33. The summed E-state index contributed by atoms with van der Waals surface area (Å²) in [4.78, 5) is 24.0. The van der Waals surface area contributed by atoms with Crippen molar-refractivity contribution in [2.45, 2.75) is 6.92 Å². The van der Waals surface area contributed by atoms with Gasteiger partial charge in [-0.1, -0.05) is 35.9 Å². The summed E-state index contributed by atoms with van der Waals surface area (Å²) >= 11 is 7.35. The summed E-state index contributed by atoms with van der Waals surface area (Å²) in [5.41, 5.74) is 1.74. The lowest BCUT2D eigenvalue weighted by Gasteiger charge is -2.12. The van der Waals surface area contributed by atoms with E-state index in [1.807, 2.05) is 61.5 Å². The molecule has 150 valence electrons. The first-order valence-corrected chi connectivity index (χ1v) is 10.4. The number of carbonyl (C=O) groups excluding carboxylic acids is 1. The van der Waals surface area contributed by atoms with Crippen molar-refractivity contribution < 1.29 is 9.21 Å². The molecule has 0 spiro atoms. The van der Waals surface area contributed by atoms with E-state index >= 15 is 0 Å². The Morgan fingerprint density at radius 3 is 2.83 bits per heavy atom. The molecule has 1 fully saturated rings. The Bertz CT molecular complexity index is 1180. The third-order valence-electron chi connectivity index (χ3n) is 4.29. The second-order valence-corrected chi connectivity index (χ2v) is 8.00. The minimum atomic E-state index is -0.146. The van der Waals surface area contributed by atoms with Crippen molar-refractivity contribution in [2.24, 2.45) is 4.99 Å². The van der Waals surface area contributed by atoms with E-state index in [4.69, 9.17) is 16.0 Å². The highest BCUT2D eigenvalue weighted by molar-refractivity contribution is 8.18. The Hall–Kier alpha value is -3.09. The topological polar surface area (TPSA) is 58.7 Å². The summed E-state index contributed by atoms with van der Waals surface area (Å²) in [6, 6.07) is 16.7. The fraction of sp³-hybridized carbons (Fsp3) is 0.0870. The van der Waals surface area contributed by atoms with Gasteiger partial charge in [0.2, 0.25) is 0 Å². The molecule has 4 rings (SSSR count). The molecule has 0 N–H and O–H groups in total. The van der Waals surface area contributed by atoms with Gasteiger partial charge in [0, 0.05) is 28.9 Å². The Morgan fingerprint density at radius 2 is 2.07 bits per heavy atom. The average molecular weight is 436 g/mol. The number of thioether (sulfide) groups is 1. The molecule has 1 amide bonds. The van der Waals surface area contributed by atoms with Crippen LogP contribution in [0.25, 0.3) is 17.4 Å². The molecule has 0 aliphatic carbocycles. The van der Waals surface area contributed by atoms with Gasteiger partial charge in [-0.25, -0.2) is 9.98 Å². The van der Waals surface area contributed by atoms with Crippen LogP contribution in [0.5, 0.6) is 0 Å². The molecule has 7 heteroatoms. The summed E-state index contributed by atoms with van der Waals surface area (Å²) in [6.45, 7) is 6.01. The maximum absolute atomic E-state index is 12.9. The second-order valence-electron chi connectivity index (χ2n) is 6.56. The molecule has 0 radical (unpaired) electrons. The predicted octanol–water partition coefficient (Wildman–Crippen LogP) is 6.09. The summed E-state index contributed by atoms with van der Waals surface area (Å²) < 4.78 is 5.91. The number of amidine groups is 1. The zero-order valence-electron chi connectivity index (χ0n) is 16.2. The molecule has 0 unspecified atom stereocenters. The molecule has 1 aliphatic heterocycles. The van der Waals surface area contributed by atoms with E-state index in [1.165, 1.54) is 11.8 Å². The molecule has 30 heavy (non-hydrogen) atoms. The van der Waals surface area contributed by atoms with Crippen molar-refractivity contribution >= 4 is 46.3 Å². The Kier molecular flexibility index (Phi) is 5.88. The summed E-state index contributed by atoms with van der Waals surface area (Å²) in [6.07, 6.45) is 3.40. The van der Waals surface area contributed by atoms with Gasteiger partial charge in [0.1, 0.15) is 11.5 Å². The number of carbonyl (C=O) groups is 1. The molecule has 1 saturated heterocycles. The highest BCUT2D eigenvalue weighted by Crippen LogP contribution is 2.35. The lowest BCUT2D eigenvalue weighted by molar-refractivity contribution is -0.121. The number of hydrogen-bond acceptors (Lipinski definition) is 5. The fourth-order valence-electron chi connectivity index (χ4n) is 2.93. The molecule has 3 heterocycles. The minimum absolute atomic E-state index is 0.146. The fourth-order valence-corrected chi connectivity index (χ4v) is 4.09. The number of aryl methyl sites for hydroxylation is 1. The van der Waals surface area contributed by atoms with E-state index in [2.05, 4.69) is 16.6 Å². The van der Waals surface area contributed by atoms with Crippen LogP contribution in [0.2, 0.25) is 5.02 Å². The second kappa shape index (κ2) is 8.73. The third kappa shape index (κ3) is 4.40. The van der Waals surface area contributed by atoms with Crippen LogP contribution in [0, 0.1) is 6.92 Å². The summed E-state index contributed by atoms with van der Waals surface area (Å²) in [7, 11) is 0. The lowest BCUT2D eigenvalue weighted by atomic mass is 10.2. The molecule has 1 aromatic carbocycles. The van der Waals surface area contributed by atoms with E-state index in [0.29, 0.717) is 39.0 Å². The van der Waals surface area contributed by atoms with E-state index in [-0.39, 0.29) is 5.91 Å². The van der Waals surface area contributed by atoms with Gasteiger partial charge in [-0.3, -0.25) is 9.69 Å². The van der Waals surface area contributed by atoms with Crippen molar-refractivity contribution in [3.63, 3.8) is 0 Å². The normalized spacial score (nSPS) is 16.6. The molecule has 0 saturated carbocycles. The molecular formula is C23H18ClN3O2S.